The molecule has 2 N–H and O–H groups in total. The molecule has 0 saturated heterocycles. The monoisotopic (exact) mass is 279 g/mol. The second-order valence-corrected chi connectivity index (χ2v) is 6.05. The van der Waals surface area contributed by atoms with Crippen LogP contribution in [0, 0.1) is 17.7 Å². The van der Waals surface area contributed by atoms with Crippen molar-refractivity contribution >= 4 is 5.97 Å². The summed E-state index contributed by atoms with van der Waals surface area (Å²) in [5.74, 6) is -0.294. The highest BCUT2D eigenvalue weighted by Gasteiger charge is 2.35. The number of aliphatic carboxylic acids is 1. The molecule has 0 spiro atoms. The molecule has 0 radical (unpaired) electrons. The van der Waals surface area contributed by atoms with E-state index in [-0.39, 0.29) is 11.9 Å². The van der Waals surface area contributed by atoms with Gasteiger partial charge < -0.3 is 5.11 Å². The van der Waals surface area contributed by atoms with Crippen molar-refractivity contribution in [3.8, 4) is 0 Å². The maximum absolute atomic E-state index is 13.0. The van der Waals surface area contributed by atoms with Crippen LogP contribution in [0.1, 0.15) is 44.7 Å². The molecule has 4 heteroatoms. The third-order valence-corrected chi connectivity index (χ3v) is 3.71. The van der Waals surface area contributed by atoms with Gasteiger partial charge in [-0.15, -0.1) is 0 Å². The number of hydrogen-bond donors (Lipinski definition) is 2. The van der Waals surface area contributed by atoms with E-state index in [1.807, 2.05) is 13.8 Å². The minimum absolute atomic E-state index is 0.00968. The predicted octanol–water partition coefficient (Wildman–Crippen LogP) is 3.37. The van der Waals surface area contributed by atoms with Gasteiger partial charge in [0.25, 0.3) is 0 Å². The van der Waals surface area contributed by atoms with E-state index in [2.05, 4.69) is 5.32 Å². The van der Waals surface area contributed by atoms with E-state index in [0.717, 1.165) is 18.4 Å². The Morgan fingerprint density at radius 1 is 1.35 bits per heavy atom. The van der Waals surface area contributed by atoms with Crippen molar-refractivity contribution in [3.05, 3.63) is 35.6 Å². The molecule has 0 bridgehead atoms. The molecule has 1 fully saturated rings. The summed E-state index contributed by atoms with van der Waals surface area (Å²) in [6.45, 7) is 4.03. The Morgan fingerprint density at radius 3 is 2.40 bits per heavy atom. The third-order valence-electron chi connectivity index (χ3n) is 3.71. The molecule has 2 rings (SSSR count). The van der Waals surface area contributed by atoms with Crippen molar-refractivity contribution in [1.29, 1.82) is 0 Å². The fourth-order valence-corrected chi connectivity index (χ4v) is 2.53. The highest BCUT2D eigenvalue weighted by Crippen LogP contribution is 2.41. The molecule has 1 aliphatic carbocycles. The summed E-state index contributed by atoms with van der Waals surface area (Å²) >= 11 is 0. The molecule has 1 aliphatic rings. The van der Waals surface area contributed by atoms with E-state index >= 15 is 0 Å². The highest BCUT2D eigenvalue weighted by molar-refractivity contribution is 5.73. The highest BCUT2D eigenvalue weighted by atomic mass is 19.1. The van der Waals surface area contributed by atoms with Crippen LogP contribution in [0.3, 0.4) is 0 Å². The first kappa shape index (κ1) is 15.0. The standard InChI is InChI=1S/C16H22FNO2/c1-10(2)9-14(16(19)20)18-15(11-3-4-11)12-5-7-13(17)8-6-12/h5-8,10-11,14-15,18H,3-4,9H2,1-2H3,(H,19,20). The number of halogens is 1. The SMILES string of the molecule is CC(C)CC(NC(c1ccc(F)cc1)C1CC1)C(=O)O. The smallest absolute Gasteiger partial charge is 0.320 e. The molecule has 110 valence electrons. The zero-order chi connectivity index (χ0) is 14.7. The fourth-order valence-electron chi connectivity index (χ4n) is 2.53. The van der Waals surface area contributed by atoms with Crippen LogP contribution in [0.4, 0.5) is 4.39 Å². The lowest BCUT2D eigenvalue weighted by Gasteiger charge is -2.25. The summed E-state index contributed by atoms with van der Waals surface area (Å²) in [4.78, 5) is 11.4. The fraction of sp³-hybridized carbons (Fsp3) is 0.562. The average Bonchev–Trinajstić information content (AvgIpc) is 3.19. The Hall–Kier alpha value is -1.42. The average molecular weight is 279 g/mol. The molecule has 1 aromatic carbocycles. The van der Waals surface area contributed by atoms with E-state index in [1.165, 1.54) is 12.1 Å². The van der Waals surface area contributed by atoms with Gasteiger partial charge in [-0.05, 0) is 48.8 Å². The number of carboxylic acids is 1. The van der Waals surface area contributed by atoms with Gasteiger partial charge in [0.1, 0.15) is 11.9 Å². The minimum Gasteiger partial charge on any atom is -0.480 e. The molecule has 3 nitrogen and oxygen atoms in total. The van der Waals surface area contributed by atoms with Crippen LogP contribution in [0.15, 0.2) is 24.3 Å². The Labute approximate surface area is 119 Å². The first-order chi connectivity index (χ1) is 9.47. The van der Waals surface area contributed by atoms with Gasteiger partial charge in [0.05, 0.1) is 0 Å². The second kappa shape index (κ2) is 6.35. The summed E-state index contributed by atoms with van der Waals surface area (Å²) < 4.78 is 13.0. The van der Waals surface area contributed by atoms with Crippen LogP contribution in [0.25, 0.3) is 0 Å². The summed E-state index contributed by atoms with van der Waals surface area (Å²) in [6, 6.07) is 5.83. The zero-order valence-electron chi connectivity index (χ0n) is 12.0. The van der Waals surface area contributed by atoms with Gasteiger partial charge in [-0.25, -0.2) is 4.39 Å². The van der Waals surface area contributed by atoms with Crippen LogP contribution in [0.5, 0.6) is 0 Å². The van der Waals surface area contributed by atoms with Crippen LogP contribution in [-0.2, 0) is 4.79 Å². The lowest BCUT2D eigenvalue weighted by molar-refractivity contribution is -0.140. The van der Waals surface area contributed by atoms with Crippen molar-refractivity contribution in [3.63, 3.8) is 0 Å². The van der Waals surface area contributed by atoms with Crippen molar-refractivity contribution in [2.24, 2.45) is 11.8 Å². The number of hydrogen-bond acceptors (Lipinski definition) is 2. The molecule has 0 heterocycles. The summed E-state index contributed by atoms with van der Waals surface area (Å²) in [5, 5.41) is 12.6. The van der Waals surface area contributed by atoms with E-state index in [9.17, 15) is 14.3 Å². The van der Waals surface area contributed by atoms with E-state index < -0.39 is 12.0 Å². The summed E-state index contributed by atoms with van der Waals surface area (Å²) in [6.07, 6.45) is 2.80. The molecule has 2 unspecified atom stereocenters. The molecule has 1 aromatic rings. The van der Waals surface area contributed by atoms with Gasteiger partial charge in [0.2, 0.25) is 0 Å². The molecule has 1 saturated carbocycles. The van der Waals surface area contributed by atoms with Crippen LogP contribution in [0.2, 0.25) is 0 Å². The lowest BCUT2D eigenvalue weighted by Crippen LogP contribution is -2.40. The molecule has 2 atom stereocenters. The minimum atomic E-state index is -0.813. The molecule has 0 aliphatic heterocycles. The van der Waals surface area contributed by atoms with Gasteiger partial charge in [0, 0.05) is 6.04 Å². The number of nitrogens with one attached hydrogen (secondary N) is 1. The Balaban J connectivity index is 2.12. The molecule has 0 aromatic heterocycles. The third kappa shape index (κ3) is 4.04. The Kier molecular flexibility index (Phi) is 4.76. The normalized spacial score (nSPS) is 18.0. The van der Waals surface area contributed by atoms with Gasteiger partial charge in [-0.2, -0.15) is 0 Å². The topological polar surface area (TPSA) is 49.3 Å². The van der Waals surface area contributed by atoms with Gasteiger partial charge >= 0.3 is 5.97 Å². The van der Waals surface area contributed by atoms with E-state index in [0.29, 0.717) is 18.3 Å². The van der Waals surface area contributed by atoms with Gasteiger partial charge in [-0.1, -0.05) is 26.0 Å². The summed E-state index contributed by atoms with van der Waals surface area (Å²) in [5.41, 5.74) is 0.976. The largest absolute Gasteiger partial charge is 0.480 e. The van der Waals surface area contributed by atoms with Crippen LogP contribution in [-0.4, -0.2) is 17.1 Å². The van der Waals surface area contributed by atoms with Gasteiger partial charge in [0.15, 0.2) is 0 Å². The first-order valence-electron chi connectivity index (χ1n) is 7.21. The van der Waals surface area contributed by atoms with Crippen molar-refractivity contribution in [2.45, 2.75) is 45.2 Å². The number of benzene rings is 1. The van der Waals surface area contributed by atoms with Crippen LogP contribution >= 0.6 is 0 Å². The molecular formula is C16H22FNO2. The number of carbonyl (C=O) groups is 1. The van der Waals surface area contributed by atoms with E-state index in [1.54, 1.807) is 12.1 Å². The molecule has 20 heavy (non-hydrogen) atoms. The zero-order valence-corrected chi connectivity index (χ0v) is 12.0. The second-order valence-electron chi connectivity index (χ2n) is 6.05. The summed E-state index contributed by atoms with van der Waals surface area (Å²) in [7, 11) is 0. The van der Waals surface area contributed by atoms with Gasteiger partial charge in [-0.3, -0.25) is 10.1 Å². The first-order valence-corrected chi connectivity index (χ1v) is 7.21. The van der Waals surface area contributed by atoms with Crippen molar-refractivity contribution < 1.29 is 14.3 Å². The maximum Gasteiger partial charge on any atom is 0.320 e. The predicted molar refractivity (Wildman–Crippen MR) is 75.9 cm³/mol. The maximum atomic E-state index is 13.0. The molecule has 0 amide bonds. The Bertz CT molecular complexity index is 454. The number of rotatable bonds is 7. The van der Waals surface area contributed by atoms with Crippen molar-refractivity contribution in [1.82, 2.24) is 5.32 Å². The van der Waals surface area contributed by atoms with Crippen molar-refractivity contribution in [2.75, 3.05) is 0 Å². The molecular weight excluding hydrogens is 257 g/mol. The quantitative estimate of drug-likeness (QED) is 0.804. The lowest BCUT2D eigenvalue weighted by atomic mass is 9.98. The van der Waals surface area contributed by atoms with E-state index in [4.69, 9.17) is 0 Å². The number of carboxylic acid groups (broad SMARTS) is 1. The van der Waals surface area contributed by atoms with Crippen LogP contribution < -0.4 is 5.32 Å². The Morgan fingerprint density at radius 2 is 1.95 bits per heavy atom.